The Morgan fingerprint density at radius 2 is 1.75 bits per heavy atom. The van der Waals surface area contributed by atoms with Gasteiger partial charge in [0.2, 0.25) is 0 Å². The van der Waals surface area contributed by atoms with Crippen LogP contribution in [0.3, 0.4) is 0 Å². The number of carbonyl (C=O) groups is 1. The summed E-state index contributed by atoms with van der Waals surface area (Å²) in [5.41, 5.74) is 4.41. The molecule has 0 bridgehead atoms. The number of aromatic nitrogens is 2. The van der Waals surface area contributed by atoms with E-state index in [0.29, 0.717) is 11.6 Å². The number of hydrogen-bond acceptors (Lipinski definition) is 5. The SMILES string of the molecule is CCn1cc(Cl)c(C(=O)N2N=C3/C(=C/c4ccc(OC)cc4)CCC[C@@H]3[C@H]2c2ccc(OC)cc2)n1. The highest BCUT2D eigenvalue weighted by molar-refractivity contribution is 6.33. The van der Waals surface area contributed by atoms with Crippen molar-refractivity contribution in [3.63, 3.8) is 0 Å². The zero-order valence-corrected chi connectivity index (χ0v) is 21.4. The maximum Gasteiger partial charge on any atom is 0.296 e. The molecule has 1 aliphatic heterocycles. The molecule has 2 atom stereocenters. The lowest BCUT2D eigenvalue weighted by Crippen LogP contribution is -2.32. The second-order valence-corrected chi connectivity index (χ2v) is 9.38. The molecule has 0 N–H and O–H groups in total. The van der Waals surface area contributed by atoms with Crippen LogP contribution < -0.4 is 9.47 Å². The van der Waals surface area contributed by atoms with Crippen LogP contribution >= 0.6 is 11.6 Å². The first-order valence-corrected chi connectivity index (χ1v) is 12.5. The molecule has 2 aromatic carbocycles. The molecule has 1 amide bonds. The molecule has 1 aliphatic carbocycles. The van der Waals surface area contributed by atoms with Crippen molar-refractivity contribution in [1.29, 1.82) is 0 Å². The van der Waals surface area contributed by atoms with Gasteiger partial charge in [-0.15, -0.1) is 0 Å². The van der Waals surface area contributed by atoms with Crippen LogP contribution in [-0.2, 0) is 6.54 Å². The van der Waals surface area contributed by atoms with Crippen molar-refractivity contribution < 1.29 is 14.3 Å². The number of ether oxygens (including phenoxy) is 2. The van der Waals surface area contributed by atoms with E-state index in [1.807, 2.05) is 55.5 Å². The summed E-state index contributed by atoms with van der Waals surface area (Å²) in [6.07, 6.45) is 6.72. The van der Waals surface area contributed by atoms with Gasteiger partial charge in [-0.25, -0.2) is 5.01 Å². The molecule has 36 heavy (non-hydrogen) atoms. The standard InChI is InChI=1S/C28H29ClN4O3/c1-4-32-17-24(29)26(30-32)28(34)33-27(19-10-14-22(36-3)15-11-19)23-7-5-6-20(25(23)31-33)16-18-8-12-21(35-2)13-9-18/h8-17,23,27H,4-7H2,1-3H3/b20-16+/t23-,27+/m0/s1. The monoisotopic (exact) mass is 504 g/mol. The molecule has 1 saturated carbocycles. The highest BCUT2D eigenvalue weighted by Crippen LogP contribution is 2.45. The molecule has 0 saturated heterocycles. The van der Waals surface area contributed by atoms with Gasteiger partial charge in [-0.3, -0.25) is 9.48 Å². The zero-order valence-electron chi connectivity index (χ0n) is 20.6. The van der Waals surface area contributed by atoms with E-state index in [0.717, 1.165) is 53.2 Å². The molecule has 3 aromatic rings. The Morgan fingerprint density at radius 1 is 1.08 bits per heavy atom. The lowest BCUT2D eigenvalue weighted by molar-refractivity contribution is 0.0674. The second-order valence-electron chi connectivity index (χ2n) is 8.98. The maximum atomic E-state index is 13.8. The van der Waals surface area contributed by atoms with Gasteiger partial charge in [0.25, 0.3) is 5.91 Å². The van der Waals surface area contributed by atoms with Crippen molar-refractivity contribution in [3.05, 3.63) is 82.1 Å². The molecule has 0 spiro atoms. The van der Waals surface area contributed by atoms with Crippen LogP contribution in [0.2, 0.25) is 5.02 Å². The smallest absolute Gasteiger partial charge is 0.296 e. The van der Waals surface area contributed by atoms with E-state index in [9.17, 15) is 4.79 Å². The lowest BCUT2D eigenvalue weighted by Gasteiger charge is -2.29. The topological polar surface area (TPSA) is 69.0 Å². The summed E-state index contributed by atoms with van der Waals surface area (Å²) in [5, 5.41) is 11.3. The summed E-state index contributed by atoms with van der Waals surface area (Å²) in [5.74, 6) is 1.37. The Hall–Kier alpha value is -3.58. The molecule has 1 fully saturated rings. The number of allylic oxidation sites excluding steroid dienone is 1. The Labute approximate surface area is 216 Å². The molecule has 0 radical (unpaired) electrons. The fourth-order valence-electron chi connectivity index (χ4n) is 5.02. The van der Waals surface area contributed by atoms with Crippen LogP contribution in [0.15, 0.2) is 65.4 Å². The van der Waals surface area contributed by atoms with Crippen LogP contribution in [0.4, 0.5) is 0 Å². The summed E-state index contributed by atoms with van der Waals surface area (Å²) < 4.78 is 12.3. The number of benzene rings is 2. The van der Waals surface area contributed by atoms with Crippen LogP contribution in [0.5, 0.6) is 11.5 Å². The average Bonchev–Trinajstić information content (AvgIpc) is 3.50. The largest absolute Gasteiger partial charge is 0.497 e. The van der Waals surface area contributed by atoms with E-state index in [1.54, 1.807) is 30.1 Å². The van der Waals surface area contributed by atoms with Crippen LogP contribution in [-0.4, -0.2) is 40.6 Å². The number of carbonyl (C=O) groups excluding carboxylic acids is 1. The Morgan fingerprint density at radius 3 is 2.36 bits per heavy atom. The van der Waals surface area contributed by atoms with E-state index < -0.39 is 0 Å². The van der Waals surface area contributed by atoms with Gasteiger partial charge >= 0.3 is 0 Å². The number of aryl methyl sites for hydroxylation is 1. The van der Waals surface area contributed by atoms with Crippen molar-refractivity contribution in [1.82, 2.24) is 14.8 Å². The predicted molar refractivity (Wildman–Crippen MR) is 141 cm³/mol. The Bertz CT molecular complexity index is 1310. The van der Waals surface area contributed by atoms with Gasteiger partial charge in [-0.1, -0.05) is 35.9 Å². The Kier molecular flexibility index (Phi) is 6.83. The molecule has 2 aliphatic rings. The van der Waals surface area contributed by atoms with Gasteiger partial charge < -0.3 is 9.47 Å². The number of fused-ring (bicyclic) bond motifs is 1. The third-order valence-electron chi connectivity index (χ3n) is 6.87. The molecule has 7 nitrogen and oxygen atoms in total. The van der Waals surface area contributed by atoms with E-state index in [4.69, 9.17) is 26.2 Å². The minimum atomic E-state index is -0.293. The van der Waals surface area contributed by atoms with Crippen LogP contribution in [0, 0.1) is 5.92 Å². The van der Waals surface area contributed by atoms with Crippen molar-refractivity contribution in [2.45, 2.75) is 38.8 Å². The van der Waals surface area contributed by atoms with Crippen molar-refractivity contribution in [2.24, 2.45) is 11.0 Å². The second kappa shape index (κ2) is 10.2. The number of halogens is 1. The molecule has 8 heteroatoms. The van der Waals surface area contributed by atoms with Gasteiger partial charge in [-0.2, -0.15) is 10.2 Å². The molecule has 1 aromatic heterocycles. The van der Waals surface area contributed by atoms with Crippen LogP contribution in [0.25, 0.3) is 6.08 Å². The normalized spacial score (nSPS) is 20.3. The molecular weight excluding hydrogens is 476 g/mol. The van der Waals surface area contributed by atoms with Gasteiger partial charge in [0.05, 0.1) is 31.0 Å². The minimum Gasteiger partial charge on any atom is -0.497 e. The number of methoxy groups -OCH3 is 2. The zero-order chi connectivity index (χ0) is 25.2. The van der Waals surface area contributed by atoms with Gasteiger partial charge in [0, 0.05) is 18.7 Å². The fourth-order valence-corrected chi connectivity index (χ4v) is 5.25. The van der Waals surface area contributed by atoms with Crippen LogP contribution in [0.1, 0.15) is 53.8 Å². The third-order valence-corrected chi connectivity index (χ3v) is 7.14. The molecule has 0 unspecified atom stereocenters. The van der Waals surface area contributed by atoms with Gasteiger partial charge in [0.15, 0.2) is 5.69 Å². The van der Waals surface area contributed by atoms with E-state index >= 15 is 0 Å². The number of rotatable bonds is 6. The number of hydrogen-bond donors (Lipinski definition) is 0. The van der Waals surface area contributed by atoms with E-state index in [1.165, 1.54) is 0 Å². The number of hydrazone groups is 1. The Balaban J connectivity index is 1.56. The highest BCUT2D eigenvalue weighted by Gasteiger charge is 2.44. The molecular formula is C28H29ClN4O3. The van der Waals surface area contributed by atoms with Gasteiger partial charge in [-0.05, 0) is 73.2 Å². The molecule has 186 valence electrons. The molecule has 2 heterocycles. The van der Waals surface area contributed by atoms with Crippen molar-refractivity contribution >= 4 is 29.3 Å². The predicted octanol–water partition coefficient (Wildman–Crippen LogP) is 6.01. The summed E-state index contributed by atoms with van der Waals surface area (Å²) in [6, 6.07) is 15.6. The molecule has 5 rings (SSSR count). The lowest BCUT2D eigenvalue weighted by atomic mass is 9.77. The number of nitrogens with zero attached hydrogens (tertiary/aromatic N) is 4. The highest BCUT2D eigenvalue weighted by atomic mass is 35.5. The van der Waals surface area contributed by atoms with Crippen molar-refractivity contribution in [2.75, 3.05) is 14.2 Å². The quantitative estimate of drug-likeness (QED) is 0.412. The van der Waals surface area contributed by atoms with Crippen molar-refractivity contribution in [3.8, 4) is 11.5 Å². The van der Waals surface area contributed by atoms with Gasteiger partial charge in [0.1, 0.15) is 11.5 Å². The maximum absolute atomic E-state index is 13.8. The summed E-state index contributed by atoms with van der Waals surface area (Å²) in [7, 11) is 3.30. The first-order chi connectivity index (χ1) is 17.5. The minimum absolute atomic E-state index is 0.0765. The first-order valence-electron chi connectivity index (χ1n) is 12.2. The average molecular weight is 505 g/mol. The summed E-state index contributed by atoms with van der Waals surface area (Å²) in [4.78, 5) is 13.8. The fraction of sp³-hybridized carbons (Fsp3) is 0.321. The summed E-state index contributed by atoms with van der Waals surface area (Å²) in [6.45, 7) is 2.58. The number of amides is 1. The first kappa shape index (κ1) is 24.1. The third kappa shape index (κ3) is 4.51. The summed E-state index contributed by atoms with van der Waals surface area (Å²) >= 11 is 6.43. The van der Waals surface area contributed by atoms with E-state index in [2.05, 4.69) is 11.2 Å². The van der Waals surface area contributed by atoms with E-state index in [-0.39, 0.29) is 23.6 Å².